The van der Waals surface area contributed by atoms with Gasteiger partial charge in [0.05, 0.1) is 10.2 Å². The third kappa shape index (κ3) is 2.85. The molecule has 0 radical (unpaired) electrons. The fourth-order valence-electron chi connectivity index (χ4n) is 1.39. The predicted octanol–water partition coefficient (Wildman–Crippen LogP) is 2.41. The number of hydrogen-bond donors (Lipinski definition) is 3. The molecular formula is C11H14N4OS. The van der Waals surface area contributed by atoms with E-state index in [2.05, 4.69) is 15.6 Å². The van der Waals surface area contributed by atoms with Crippen LogP contribution in [-0.2, 0) is 0 Å². The fraction of sp³-hybridized carbons (Fsp3) is 0.273. The second-order valence-electron chi connectivity index (χ2n) is 4.00. The molecule has 0 bridgehead atoms. The number of nitrogens with zero attached hydrogens (tertiary/aromatic N) is 1. The van der Waals surface area contributed by atoms with E-state index in [1.165, 1.54) is 11.3 Å². The maximum Gasteiger partial charge on any atom is 0.321 e. The first-order valence-electron chi connectivity index (χ1n) is 5.28. The molecule has 0 aliphatic rings. The Morgan fingerprint density at radius 1 is 1.47 bits per heavy atom. The lowest BCUT2D eigenvalue weighted by Gasteiger charge is -2.07. The molecule has 2 rings (SSSR count). The molecule has 0 fully saturated rings. The number of nitrogens with one attached hydrogen (secondary N) is 2. The van der Waals surface area contributed by atoms with Crippen molar-refractivity contribution < 1.29 is 4.79 Å². The van der Waals surface area contributed by atoms with Crippen molar-refractivity contribution in [1.29, 1.82) is 0 Å². The minimum atomic E-state index is -0.243. The number of anilines is 2. The van der Waals surface area contributed by atoms with Crippen molar-refractivity contribution in [3.63, 3.8) is 0 Å². The number of hydrogen-bond acceptors (Lipinski definition) is 4. The Morgan fingerprint density at radius 2 is 2.24 bits per heavy atom. The quantitative estimate of drug-likeness (QED) is 0.716. The maximum atomic E-state index is 11.5. The number of carbonyl (C=O) groups is 1. The molecule has 2 aromatic rings. The van der Waals surface area contributed by atoms with Crippen LogP contribution in [0.2, 0.25) is 0 Å². The van der Waals surface area contributed by atoms with Gasteiger partial charge in [-0.25, -0.2) is 9.78 Å². The zero-order valence-electron chi connectivity index (χ0n) is 9.65. The van der Waals surface area contributed by atoms with E-state index in [4.69, 9.17) is 5.73 Å². The number of rotatable bonds is 2. The number of nitrogens with two attached hydrogens (primary N) is 1. The summed E-state index contributed by atoms with van der Waals surface area (Å²) < 4.78 is 0.963. The monoisotopic (exact) mass is 250 g/mol. The van der Waals surface area contributed by atoms with E-state index < -0.39 is 0 Å². The summed E-state index contributed by atoms with van der Waals surface area (Å²) in [5.74, 6) is 0. The highest BCUT2D eigenvalue weighted by molar-refractivity contribution is 7.22. The van der Waals surface area contributed by atoms with E-state index in [0.717, 1.165) is 10.2 Å². The van der Waals surface area contributed by atoms with Crippen molar-refractivity contribution in [3.8, 4) is 0 Å². The molecule has 0 unspecified atom stereocenters. The van der Waals surface area contributed by atoms with Crippen LogP contribution in [0.5, 0.6) is 0 Å². The normalized spacial score (nSPS) is 10.8. The maximum absolute atomic E-state index is 11.5. The van der Waals surface area contributed by atoms with Gasteiger partial charge in [-0.15, -0.1) is 0 Å². The van der Waals surface area contributed by atoms with Gasteiger partial charge in [0.2, 0.25) is 0 Å². The van der Waals surface area contributed by atoms with Crippen molar-refractivity contribution in [2.75, 3.05) is 11.1 Å². The SMILES string of the molecule is CC(C)NC(=O)Nc1nc2ccc(N)cc2s1. The first-order chi connectivity index (χ1) is 8.04. The smallest absolute Gasteiger partial charge is 0.321 e. The van der Waals surface area contributed by atoms with Crippen molar-refractivity contribution in [2.24, 2.45) is 0 Å². The Balaban J connectivity index is 2.17. The van der Waals surface area contributed by atoms with E-state index >= 15 is 0 Å². The van der Waals surface area contributed by atoms with Gasteiger partial charge in [-0.3, -0.25) is 5.32 Å². The molecule has 1 aromatic heterocycles. The third-order valence-electron chi connectivity index (χ3n) is 2.05. The van der Waals surface area contributed by atoms with Gasteiger partial charge in [0.15, 0.2) is 5.13 Å². The molecule has 2 amide bonds. The lowest BCUT2D eigenvalue weighted by molar-refractivity contribution is 0.250. The molecule has 0 aliphatic heterocycles. The van der Waals surface area contributed by atoms with Crippen LogP contribution in [0.3, 0.4) is 0 Å². The fourth-order valence-corrected chi connectivity index (χ4v) is 2.30. The Kier molecular flexibility index (Phi) is 3.14. The molecule has 1 aromatic carbocycles. The van der Waals surface area contributed by atoms with Crippen LogP contribution >= 0.6 is 11.3 Å². The van der Waals surface area contributed by atoms with Crippen LogP contribution < -0.4 is 16.4 Å². The van der Waals surface area contributed by atoms with Gasteiger partial charge < -0.3 is 11.1 Å². The van der Waals surface area contributed by atoms with Crippen molar-refractivity contribution in [3.05, 3.63) is 18.2 Å². The highest BCUT2D eigenvalue weighted by Gasteiger charge is 2.08. The highest BCUT2D eigenvalue weighted by atomic mass is 32.1. The van der Waals surface area contributed by atoms with E-state index in [0.29, 0.717) is 10.8 Å². The van der Waals surface area contributed by atoms with Crippen molar-refractivity contribution in [2.45, 2.75) is 19.9 Å². The van der Waals surface area contributed by atoms with Crippen LogP contribution in [0.1, 0.15) is 13.8 Å². The van der Waals surface area contributed by atoms with Gasteiger partial charge in [-0.2, -0.15) is 0 Å². The first-order valence-corrected chi connectivity index (χ1v) is 6.10. The van der Waals surface area contributed by atoms with Crippen LogP contribution in [0.4, 0.5) is 15.6 Å². The molecular weight excluding hydrogens is 236 g/mol. The second-order valence-corrected chi connectivity index (χ2v) is 5.03. The number of carbonyl (C=O) groups excluding carboxylic acids is 1. The number of benzene rings is 1. The van der Waals surface area contributed by atoms with Crippen LogP contribution in [0, 0.1) is 0 Å². The van der Waals surface area contributed by atoms with E-state index in [-0.39, 0.29) is 12.1 Å². The first kappa shape index (κ1) is 11.7. The molecule has 0 saturated heterocycles. The van der Waals surface area contributed by atoms with Gasteiger partial charge in [0, 0.05) is 11.7 Å². The average molecular weight is 250 g/mol. The van der Waals surface area contributed by atoms with Crippen LogP contribution in [-0.4, -0.2) is 17.1 Å². The molecule has 0 atom stereocenters. The highest BCUT2D eigenvalue weighted by Crippen LogP contribution is 2.27. The summed E-state index contributed by atoms with van der Waals surface area (Å²) in [6, 6.07) is 5.33. The number of thiazole rings is 1. The van der Waals surface area contributed by atoms with E-state index in [9.17, 15) is 4.79 Å². The predicted molar refractivity (Wildman–Crippen MR) is 71.3 cm³/mol. The summed E-state index contributed by atoms with van der Waals surface area (Å²) in [6.07, 6.45) is 0. The molecule has 0 spiro atoms. The molecule has 90 valence electrons. The van der Waals surface area contributed by atoms with Gasteiger partial charge in [-0.05, 0) is 32.0 Å². The Labute approximate surface area is 103 Å². The number of aromatic nitrogens is 1. The molecule has 4 N–H and O–H groups in total. The number of nitrogen functional groups attached to an aromatic ring is 1. The minimum absolute atomic E-state index is 0.0972. The summed E-state index contributed by atoms with van der Waals surface area (Å²) >= 11 is 1.40. The number of amides is 2. The minimum Gasteiger partial charge on any atom is -0.399 e. The second kappa shape index (κ2) is 4.58. The standard InChI is InChI=1S/C11H14N4OS/c1-6(2)13-10(16)15-11-14-8-4-3-7(12)5-9(8)17-11/h3-6H,12H2,1-2H3,(H2,13,14,15,16). The molecule has 0 saturated carbocycles. The average Bonchev–Trinajstić information content (AvgIpc) is 2.57. The van der Waals surface area contributed by atoms with Crippen LogP contribution in [0.25, 0.3) is 10.2 Å². The summed E-state index contributed by atoms with van der Waals surface area (Å²) in [5.41, 5.74) is 7.21. The Morgan fingerprint density at radius 3 is 2.94 bits per heavy atom. The zero-order valence-corrected chi connectivity index (χ0v) is 10.5. The van der Waals surface area contributed by atoms with Crippen molar-refractivity contribution in [1.82, 2.24) is 10.3 Å². The lowest BCUT2D eigenvalue weighted by Crippen LogP contribution is -2.34. The number of urea groups is 1. The Hall–Kier alpha value is -1.82. The van der Waals surface area contributed by atoms with Crippen LogP contribution in [0.15, 0.2) is 18.2 Å². The summed E-state index contributed by atoms with van der Waals surface area (Å²) in [7, 11) is 0. The summed E-state index contributed by atoms with van der Waals surface area (Å²) in [5, 5.41) is 6.01. The molecule has 5 nitrogen and oxygen atoms in total. The van der Waals surface area contributed by atoms with Gasteiger partial charge in [0.1, 0.15) is 0 Å². The zero-order chi connectivity index (χ0) is 12.4. The van der Waals surface area contributed by atoms with Gasteiger partial charge in [-0.1, -0.05) is 11.3 Å². The molecule has 0 aliphatic carbocycles. The van der Waals surface area contributed by atoms with E-state index in [1.54, 1.807) is 6.07 Å². The summed E-state index contributed by atoms with van der Waals surface area (Å²) in [6.45, 7) is 3.80. The van der Waals surface area contributed by atoms with Gasteiger partial charge >= 0.3 is 6.03 Å². The Bertz CT molecular complexity index is 549. The molecule has 17 heavy (non-hydrogen) atoms. The lowest BCUT2D eigenvalue weighted by atomic mass is 10.3. The summed E-state index contributed by atoms with van der Waals surface area (Å²) in [4.78, 5) is 15.8. The number of fused-ring (bicyclic) bond motifs is 1. The third-order valence-corrected chi connectivity index (χ3v) is 2.99. The van der Waals surface area contributed by atoms with Gasteiger partial charge in [0.25, 0.3) is 0 Å². The largest absolute Gasteiger partial charge is 0.399 e. The molecule has 1 heterocycles. The topological polar surface area (TPSA) is 80.0 Å². The van der Waals surface area contributed by atoms with Crippen molar-refractivity contribution >= 4 is 38.4 Å². The van der Waals surface area contributed by atoms with E-state index in [1.807, 2.05) is 26.0 Å². The molecule has 6 heteroatoms.